The molecule has 0 atom stereocenters. The van der Waals surface area contributed by atoms with E-state index >= 15 is 0 Å². The first kappa shape index (κ1) is 32.7. The Morgan fingerprint density at radius 1 is 0.286 bits per heavy atom. The van der Waals surface area contributed by atoms with E-state index in [1.54, 1.807) is 0 Å². The Balaban J connectivity index is 1.14. The van der Waals surface area contributed by atoms with E-state index in [-0.39, 0.29) is 0 Å². The number of aromatic nitrogens is 2. The summed E-state index contributed by atoms with van der Waals surface area (Å²) in [6.07, 6.45) is 0. The summed E-state index contributed by atoms with van der Waals surface area (Å²) in [7, 11) is 0. The smallest absolute Gasteiger partial charge is 0.160 e. The van der Waals surface area contributed by atoms with E-state index in [1.807, 2.05) is 46.9 Å². The van der Waals surface area contributed by atoms with Gasteiger partial charge in [-0.05, 0) is 75.8 Å². The summed E-state index contributed by atoms with van der Waals surface area (Å²) >= 11 is 3.74. The molecule has 0 spiro atoms. The van der Waals surface area contributed by atoms with Crippen molar-refractivity contribution < 1.29 is 0 Å². The Morgan fingerprint density at radius 2 is 0.732 bits per heavy atom. The van der Waals surface area contributed by atoms with E-state index in [2.05, 4.69) is 170 Å². The molecule has 11 aromatic rings. The fraction of sp³-hybridized carbons (Fsp3) is 0. The minimum absolute atomic E-state index is 0.707. The molecule has 3 aromatic heterocycles. The first-order chi connectivity index (χ1) is 27.7. The van der Waals surface area contributed by atoms with Crippen LogP contribution in [0.25, 0.3) is 108 Å². The van der Waals surface area contributed by atoms with Gasteiger partial charge < -0.3 is 0 Å². The minimum atomic E-state index is 0.707. The Hall–Kier alpha value is -6.72. The molecule has 3 heterocycles. The lowest BCUT2D eigenvalue weighted by molar-refractivity contribution is 1.18. The molecule has 0 aliphatic carbocycles. The second-order valence-corrected chi connectivity index (χ2v) is 16.2. The highest BCUT2D eigenvalue weighted by molar-refractivity contribution is 7.26. The molecule has 0 unspecified atom stereocenters. The van der Waals surface area contributed by atoms with Crippen molar-refractivity contribution in [2.24, 2.45) is 0 Å². The summed E-state index contributed by atoms with van der Waals surface area (Å²) in [4.78, 5) is 10.4. The van der Waals surface area contributed by atoms with E-state index in [1.165, 1.54) is 57.0 Å². The van der Waals surface area contributed by atoms with E-state index in [0.29, 0.717) is 5.82 Å². The predicted molar refractivity (Wildman–Crippen MR) is 240 cm³/mol. The van der Waals surface area contributed by atoms with Gasteiger partial charge in [0.25, 0.3) is 0 Å². The van der Waals surface area contributed by atoms with Crippen molar-refractivity contribution >= 4 is 63.0 Å². The van der Waals surface area contributed by atoms with Gasteiger partial charge in [0.1, 0.15) is 0 Å². The molecule has 0 aliphatic rings. The first-order valence-corrected chi connectivity index (χ1v) is 20.4. The molecule has 0 saturated heterocycles. The van der Waals surface area contributed by atoms with Gasteiger partial charge in [0.15, 0.2) is 5.82 Å². The van der Waals surface area contributed by atoms with Gasteiger partial charge in [-0.15, -0.1) is 22.7 Å². The zero-order valence-electron chi connectivity index (χ0n) is 30.2. The minimum Gasteiger partial charge on any atom is -0.228 e. The normalized spacial score (nSPS) is 11.6. The van der Waals surface area contributed by atoms with Crippen molar-refractivity contribution in [1.82, 2.24) is 9.97 Å². The van der Waals surface area contributed by atoms with Gasteiger partial charge in [0.2, 0.25) is 0 Å². The molecule has 8 aromatic carbocycles. The summed E-state index contributed by atoms with van der Waals surface area (Å²) in [5.41, 5.74) is 12.0. The fourth-order valence-corrected chi connectivity index (χ4v) is 10.5. The van der Waals surface area contributed by atoms with Crippen LogP contribution in [0.4, 0.5) is 0 Å². The maximum atomic E-state index is 5.28. The largest absolute Gasteiger partial charge is 0.228 e. The molecule has 2 nitrogen and oxygen atoms in total. The number of benzene rings is 8. The molecule has 0 fully saturated rings. The number of fused-ring (bicyclic) bond motifs is 6. The van der Waals surface area contributed by atoms with Gasteiger partial charge >= 0.3 is 0 Å². The molecule has 0 N–H and O–H groups in total. The Labute approximate surface area is 332 Å². The van der Waals surface area contributed by atoms with Crippen LogP contribution in [-0.4, -0.2) is 9.97 Å². The second-order valence-electron chi connectivity index (χ2n) is 14.1. The van der Waals surface area contributed by atoms with E-state index in [4.69, 9.17) is 9.97 Å². The fourth-order valence-electron chi connectivity index (χ4n) is 7.98. The third kappa shape index (κ3) is 5.70. The number of thiophene rings is 2. The molecular formula is C52H32N2S2. The van der Waals surface area contributed by atoms with Crippen molar-refractivity contribution in [1.29, 1.82) is 0 Å². The van der Waals surface area contributed by atoms with Crippen LogP contribution in [0.3, 0.4) is 0 Å². The maximum absolute atomic E-state index is 5.28. The average molecular weight is 749 g/mol. The van der Waals surface area contributed by atoms with Crippen molar-refractivity contribution in [2.45, 2.75) is 0 Å². The lowest BCUT2D eigenvalue weighted by Gasteiger charge is -2.14. The number of hydrogen-bond acceptors (Lipinski definition) is 4. The summed E-state index contributed by atoms with van der Waals surface area (Å²) < 4.78 is 5.22. The highest BCUT2D eigenvalue weighted by Gasteiger charge is 2.17. The molecule has 0 radical (unpaired) electrons. The van der Waals surface area contributed by atoms with Crippen LogP contribution in [0.1, 0.15) is 0 Å². The van der Waals surface area contributed by atoms with E-state index < -0.39 is 0 Å². The van der Waals surface area contributed by atoms with Crippen molar-refractivity contribution in [2.75, 3.05) is 0 Å². The number of rotatable bonds is 6. The number of hydrogen-bond donors (Lipinski definition) is 0. The van der Waals surface area contributed by atoms with Gasteiger partial charge in [-0.2, -0.15) is 0 Å². The van der Waals surface area contributed by atoms with Crippen LogP contribution in [0.15, 0.2) is 194 Å². The average Bonchev–Trinajstić information content (AvgIpc) is 3.86. The van der Waals surface area contributed by atoms with Gasteiger partial charge in [0.05, 0.1) is 11.4 Å². The summed E-state index contributed by atoms with van der Waals surface area (Å²) in [5, 5.41) is 5.20. The van der Waals surface area contributed by atoms with Crippen molar-refractivity contribution in [3.63, 3.8) is 0 Å². The zero-order chi connectivity index (χ0) is 37.0. The molecule has 0 saturated carbocycles. The van der Waals surface area contributed by atoms with Crippen LogP contribution >= 0.6 is 22.7 Å². The number of nitrogens with zero attached hydrogens (tertiary/aromatic N) is 2. The van der Waals surface area contributed by atoms with Gasteiger partial charge in [-0.3, -0.25) is 0 Å². The van der Waals surface area contributed by atoms with Gasteiger partial charge in [-0.1, -0.05) is 152 Å². The highest BCUT2D eigenvalue weighted by atomic mass is 32.1. The molecule has 0 aliphatic heterocycles. The van der Waals surface area contributed by atoms with Crippen molar-refractivity contribution in [3.05, 3.63) is 194 Å². The molecule has 11 rings (SSSR count). The van der Waals surface area contributed by atoms with Crippen LogP contribution in [0.5, 0.6) is 0 Å². The molecule has 0 amide bonds. The highest BCUT2D eigenvalue weighted by Crippen LogP contribution is 2.44. The Kier molecular flexibility index (Phi) is 7.90. The standard InChI is InChI=1S/C52H32N2S2/c1-3-14-33(15-4-1)46-32-47(54-52(53-46)34-16-5-2-6-17-34)39-30-37(29-38(31-39)41-23-13-25-45-43-21-8-10-27-49(43)56-51(41)45)35-18-11-19-36(28-35)40-22-12-24-44-42-20-7-9-26-48(42)55-50(40)44/h1-32H. The second kappa shape index (κ2) is 13.5. The predicted octanol–water partition coefficient (Wildman–Crippen LogP) is 15.2. The SMILES string of the molecule is c1ccc(-c2cc(-c3cc(-c4cccc(-c5cccc6c5sc5ccccc56)c4)cc(-c4cccc5c4sc4ccccc45)c3)nc(-c3ccccc3)n2)cc1. The van der Waals surface area contributed by atoms with Gasteiger partial charge in [-0.25, -0.2) is 9.97 Å². The third-order valence-electron chi connectivity index (χ3n) is 10.7. The lowest BCUT2D eigenvalue weighted by atomic mass is 9.92. The molecule has 56 heavy (non-hydrogen) atoms. The van der Waals surface area contributed by atoms with Crippen molar-refractivity contribution in [3.8, 4) is 67.3 Å². The third-order valence-corrected chi connectivity index (χ3v) is 13.1. The monoisotopic (exact) mass is 748 g/mol. The first-order valence-electron chi connectivity index (χ1n) is 18.8. The maximum Gasteiger partial charge on any atom is 0.160 e. The van der Waals surface area contributed by atoms with E-state index in [0.717, 1.165) is 44.8 Å². The molecular weight excluding hydrogens is 717 g/mol. The van der Waals surface area contributed by atoms with Crippen LogP contribution in [0, 0.1) is 0 Å². The molecule has 0 bridgehead atoms. The Bertz CT molecular complexity index is 3190. The molecule has 262 valence electrons. The van der Waals surface area contributed by atoms with Crippen LogP contribution in [0.2, 0.25) is 0 Å². The quantitative estimate of drug-likeness (QED) is 0.169. The topological polar surface area (TPSA) is 25.8 Å². The van der Waals surface area contributed by atoms with Gasteiger partial charge in [0, 0.05) is 57.0 Å². The molecule has 4 heteroatoms. The van der Waals surface area contributed by atoms with Crippen LogP contribution in [-0.2, 0) is 0 Å². The zero-order valence-corrected chi connectivity index (χ0v) is 31.8. The summed E-state index contributed by atoms with van der Waals surface area (Å²) in [5.74, 6) is 0.707. The van der Waals surface area contributed by atoms with E-state index in [9.17, 15) is 0 Å². The lowest BCUT2D eigenvalue weighted by Crippen LogP contribution is -1.96. The summed E-state index contributed by atoms with van der Waals surface area (Å²) in [6.45, 7) is 0. The Morgan fingerprint density at radius 3 is 1.39 bits per heavy atom. The summed E-state index contributed by atoms with van der Waals surface area (Å²) in [6, 6.07) is 69.7. The van der Waals surface area contributed by atoms with Crippen LogP contribution < -0.4 is 0 Å².